The molecule has 0 atom stereocenters. The van der Waals surface area contributed by atoms with E-state index in [4.69, 9.17) is 12.2 Å². The van der Waals surface area contributed by atoms with Gasteiger partial charge in [0.25, 0.3) is 0 Å². The van der Waals surface area contributed by atoms with Crippen LogP contribution in [0.15, 0.2) is 91.0 Å². The van der Waals surface area contributed by atoms with Crippen LogP contribution < -0.4 is 0 Å². The first-order valence-corrected chi connectivity index (χ1v) is 9.21. The molecule has 0 fully saturated rings. The molecule has 5 rings (SSSR count). The Morgan fingerprint density at radius 1 is 0.538 bits per heavy atom. The van der Waals surface area contributed by atoms with Gasteiger partial charge in [-0.25, -0.2) is 0 Å². The molecule has 0 unspecified atom stereocenters. The lowest BCUT2D eigenvalue weighted by Gasteiger charge is -2.15. The summed E-state index contributed by atoms with van der Waals surface area (Å²) in [6.07, 6.45) is 0. The Labute approximate surface area is 157 Å². The molecule has 0 amide bonds. The molecule has 0 heterocycles. The van der Waals surface area contributed by atoms with Crippen LogP contribution in [0.2, 0.25) is 0 Å². The molecule has 0 bridgehead atoms. The number of hydrogen-bond acceptors (Lipinski definition) is 1. The van der Waals surface area contributed by atoms with Gasteiger partial charge in [-0.05, 0) is 67.2 Å². The highest BCUT2D eigenvalue weighted by Crippen LogP contribution is 2.39. The van der Waals surface area contributed by atoms with Gasteiger partial charge in [0.15, 0.2) is 0 Å². The maximum atomic E-state index is 5.30. The fourth-order valence-corrected chi connectivity index (χ4v) is 4.08. The summed E-state index contributed by atoms with van der Waals surface area (Å²) < 4.78 is 0. The topological polar surface area (TPSA) is 0 Å². The number of thiocarbonyl (C=S) groups is 1. The highest BCUT2D eigenvalue weighted by Gasteiger charge is 2.13. The van der Waals surface area contributed by atoms with E-state index in [0.717, 1.165) is 5.56 Å². The molecule has 0 aliphatic heterocycles. The van der Waals surface area contributed by atoms with E-state index in [1.165, 1.54) is 43.4 Å². The van der Waals surface area contributed by atoms with Crippen molar-refractivity contribution in [2.24, 2.45) is 0 Å². The highest BCUT2D eigenvalue weighted by atomic mass is 32.1. The fourth-order valence-electron chi connectivity index (χ4n) is 3.87. The maximum absolute atomic E-state index is 5.30. The SMILES string of the molecule is S=Cc1ccccc1-c1c2ccccc2cc2cc3ccccc3cc12. The van der Waals surface area contributed by atoms with E-state index in [1.807, 2.05) is 6.07 Å². The molecule has 0 aliphatic rings. The molecule has 5 aromatic rings. The predicted molar refractivity (Wildman–Crippen MR) is 117 cm³/mol. The van der Waals surface area contributed by atoms with Crippen molar-refractivity contribution in [3.05, 3.63) is 96.6 Å². The van der Waals surface area contributed by atoms with Crippen LogP contribution in [-0.4, -0.2) is 5.37 Å². The summed E-state index contributed by atoms with van der Waals surface area (Å²) in [7, 11) is 0. The lowest BCUT2D eigenvalue weighted by atomic mass is 9.89. The molecule has 0 nitrogen and oxygen atoms in total. The van der Waals surface area contributed by atoms with Gasteiger partial charge in [0, 0.05) is 5.37 Å². The number of hydrogen-bond donors (Lipinski definition) is 0. The van der Waals surface area contributed by atoms with E-state index in [0.29, 0.717) is 0 Å². The predicted octanol–water partition coefficient (Wildman–Crippen LogP) is 7.16. The van der Waals surface area contributed by atoms with Crippen LogP contribution >= 0.6 is 12.2 Å². The first-order chi connectivity index (χ1) is 12.8. The third-order valence-corrected chi connectivity index (χ3v) is 5.34. The first-order valence-electron chi connectivity index (χ1n) is 8.74. The van der Waals surface area contributed by atoms with Gasteiger partial charge >= 0.3 is 0 Å². The van der Waals surface area contributed by atoms with Gasteiger partial charge in [0.2, 0.25) is 0 Å². The van der Waals surface area contributed by atoms with Crippen LogP contribution in [0.25, 0.3) is 43.4 Å². The molecule has 26 heavy (non-hydrogen) atoms. The van der Waals surface area contributed by atoms with Gasteiger partial charge in [-0.2, -0.15) is 0 Å². The molecule has 0 saturated heterocycles. The van der Waals surface area contributed by atoms with E-state index in [9.17, 15) is 0 Å². The minimum Gasteiger partial charge on any atom is -0.0881 e. The number of rotatable bonds is 2. The molecular weight excluding hydrogens is 332 g/mol. The van der Waals surface area contributed by atoms with Crippen LogP contribution in [0, 0.1) is 0 Å². The highest BCUT2D eigenvalue weighted by molar-refractivity contribution is 7.79. The van der Waals surface area contributed by atoms with E-state index >= 15 is 0 Å². The quantitative estimate of drug-likeness (QED) is 0.241. The molecular formula is C25H16S. The Morgan fingerprint density at radius 2 is 1.15 bits per heavy atom. The molecule has 0 N–H and O–H groups in total. The van der Waals surface area contributed by atoms with E-state index in [1.54, 1.807) is 5.37 Å². The van der Waals surface area contributed by atoms with Gasteiger partial charge in [0.05, 0.1) is 0 Å². The first kappa shape index (κ1) is 15.2. The zero-order valence-electron chi connectivity index (χ0n) is 14.1. The minimum absolute atomic E-state index is 1.09. The normalized spacial score (nSPS) is 11.2. The molecule has 0 aromatic heterocycles. The molecule has 122 valence electrons. The summed E-state index contributed by atoms with van der Waals surface area (Å²) >= 11 is 5.30. The van der Waals surface area contributed by atoms with Gasteiger partial charge in [-0.3, -0.25) is 0 Å². The van der Waals surface area contributed by atoms with Gasteiger partial charge in [0.1, 0.15) is 0 Å². The Balaban J connectivity index is 2.03. The number of fused-ring (bicyclic) bond motifs is 3. The Bertz CT molecular complexity index is 1290. The van der Waals surface area contributed by atoms with E-state index in [-0.39, 0.29) is 0 Å². The molecule has 0 radical (unpaired) electrons. The van der Waals surface area contributed by atoms with Crippen LogP contribution in [0.5, 0.6) is 0 Å². The standard InChI is InChI=1S/C25H16S/c26-16-20-10-4-6-12-23(20)25-22-11-5-3-9-19(22)14-21-13-17-7-1-2-8-18(17)15-24(21)25/h1-16H. The summed E-state index contributed by atoms with van der Waals surface area (Å²) in [5.41, 5.74) is 3.55. The van der Waals surface area contributed by atoms with Crippen molar-refractivity contribution in [2.75, 3.05) is 0 Å². The van der Waals surface area contributed by atoms with Crippen molar-refractivity contribution >= 4 is 49.9 Å². The monoisotopic (exact) mass is 348 g/mol. The average Bonchev–Trinajstić information content (AvgIpc) is 2.70. The van der Waals surface area contributed by atoms with Crippen molar-refractivity contribution in [1.82, 2.24) is 0 Å². The van der Waals surface area contributed by atoms with Crippen LogP contribution in [0.3, 0.4) is 0 Å². The van der Waals surface area contributed by atoms with Gasteiger partial charge < -0.3 is 0 Å². The second kappa shape index (κ2) is 6.05. The fraction of sp³-hybridized carbons (Fsp3) is 0. The molecule has 5 aromatic carbocycles. The smallest absolute Gasteiger partial charge is 0.00923 e. The molecule has 1 heteroatoms. The average molecular weight is 348 g/mol. The lowest BCUT2D eigenvalue weighted by Crippen LogP contribution is -1.90. The van der Waals surface area contributed by atoms with Crippen LogP contribution in [-0.2, 0) is 0 Å². The lowest BCUT2D eigenvalue weighted by molar-refractivity contribution is 1.66. The number of benzene rings is 5. The second-order valence-corrected chi connectivity index (χ2v) is 6.83. The van der Waals surface area contributed by atoms with Crippen molar-refractivity contribution in [3.8, 4) is 11.1 Å². The summed E-state index contributed by atoms with van der Waals surface area (Å²) in [4.78, 5) is 0. The van der Waals surface area contributed by atoms with Crippen molar-refractivity contribution in [3.63, 3.8) is 0 Å². The third kappa shape index (κ3) is 2.33. The largest absolute Gasteiger partial charge is 0.0881 e. The van der Waals surface area contributed by atoms with Crippen LogP contribution in [0.4, 0.5) is 0 Å². The Morgan fingerprint density at radius 3 is 1.96 bits per heavy atom. The zero-order chi connectivity index (χ0) is 17.5. The van der Waals surface area contributed by atoms with Crippen LogP contribution in [0.1, 0.15) is 5.56 Å². The third-order valence-electron chi connectivity index (χ3n) is 5.09. The summed E-state index contributed by atoms with van der Waals surface area (Å²) in [5.74, 6) is 0. The van der Waals surface area contributed by atoms with Gasteiger partial charge in [-0.1, -0.05) is 85.0 Å². The maximum Gasteiger partial charge on any atom is 0.00923 e. The van der Waals surface area contributed by atoms with E-state index in [2.05, 4.69) is 84.9 Å². The Hall–Kier alpha value is -3.03. The molecule has 0 aliphatic carbocycles. The molecule has 0 saturated carbocycles. The summed E-state index contributed by atoms with van der Waals surface area (Å²) in [6, 6.07) is 32.5. The van der Waals surface area contributed by atoms with Crippen molar-refractivity contribution in [1.29, 1.82) is 0 Å². The van der Waals surface area contributed by atoms with E-state index < -0.39 is 0 Å². The summed E-state index contributed by atoms with van der Waals surface area (Å²) in [6.45, 7) is 0. The van der Waals surface area contributed by atoms with Crippen molar-refractivity contribution in [2.45, 2.75) is 0 Å². The summed E-state index contributed by atoms with van der Waals surface area (Å²) in [5, 5.41) is 9.36. The zero-order valence-corrected chi connectivity index (χ0v) is 15.0. The van der Waals surface area contributed by atoms with Gasteiger partial charge in [-0.15, -0.1) is 0 Å². The van der Waals surface area contributed by atoms with Crippen molar-refractivity contribution < 1.29 is 0 Å². The second-order valence-electron chi connectivity index (χ2n) is 6.60. The minimum atomic E-state index is 1.09. The Kier molecular flexibility index (Phi) is 3.55. The molecule has 0 spiro atoms.